The summed E-state index contributed by atoms with van der Waals surface area (Å²) in [6.45, 7) is 11.2. The van der Waals surface area contributed by atoms with E-state index in [0.29, 0.717) is 0 Å². The van der Waals surface area contributed by atoms with Crippen LogP contribution >= 0.6 is 0 Å². The number of hydrogen-bond donors (Lipinski definition) is 0. The predicted octanol–water partition coefficient (Wildman–Crippen LogP) is 24.4. The quantitative estimate of drug-likeness (QED) is 0.0571. The molecule has 0 nitrogen and oxygen atoms in total. The molecule has 0 aromatic heterocycles. The van der Waals surface area contributed by atoms with Gasteiger partial charge in [-0.2, -0.15) is 0 Å². The summed E-state index contributed by atoms with van der Waals surface area (Å²) in [6.07, 6.45) is 81.7. The molecule has 1 aromatic rings. The van der Waals surface area contributed by atoms with Gasteiger partial charge in [-0.05, 0) is 73.6 Å². The Hall–Kier alpha value is -0.780. The van der Waals surface area contributed by atoms with Crippen molar-refractivity contribution in [3.05, 3.63) is 41.3 Å². The monoisotopic (exact) mass is 932 g/mol. The Bertz CT molecular complexity index is 1010. The van der Waals surface area contributed by atoms with Gasteiger partial charge in [-0.1, -0.05) is 354 Å². The molecule has 0 heterocycles. The highest BCUT2D eigenvalue weighted by Gasteiger charge is 2.12. The number of hydrogen-bond acceptors (Lipinski definition) is 0. The Labute approximate surface area is 426 Å². The Morgan fingerprint density at radius 3 is 0.627 bits per heavy atom. The third kappa shape index (κ3) is 44.9. The third-order valence-corrected chi connectivity index (χ3v) is 15.8. The van der Waals surface area contributed by atoms with Crippen molar-refractivity contribution in [2.24, 2.45) is 0 Å². The van der Waals surface area contributed by atoms with Crippen LogP contribution in [-0.4, -0.2) is 0 Å². The van der Waals surface area contributed by atoms with E-state index in [2.05, 4.69) is 39.8 Å². The average Bonchev–Trinajstić information content (AvgIpc) is 3.34. The summed E-state index contributed by atoms with van der Waals surface area (Å²) in [4.78, 5) is 0. The van der Waals surface area contributed by atoms with Crippen LogP contribution in [0.3, 0.4) is 0 Å². The highest BCUT2D eigenvalue weighted by molar-refractivity contribution is 5.40. The van der Waals surface area contributed by atoms with Gasteiger partial charge in [0.1, 0.15) is 0 Å². The van der Waals surface area contributed by atoms with Crippen LogP contribution in [0, 0.1) is 6.92 Å². The largest absolute Gasteiger partial charge is 0.0654 e. The zero-order valence-electron chi connectivity index (χ0n) is 47.2. The van der Waals surface area contributed by atoms with Gasteiger partial charge in [0, 0.05) is 0 Å². The molecule has 0 atom stereocenters. The minimum Gasteiger partial charge on any atom is -0.0654 e. The first-order valence-corrected chi connectivity index (χ1v) is 32.2. The Kier molecular flexibility index (Phi) is 52.3. The fraction of sp³-hybridized carbons (Fsp3) is 0.896. The first-order valence-electron chi connectivity index (χ1n) is 32.2. The smallest absolute Gasteiger partial charge is 0.0273 e. The van der Waals surface area contributed by atoms with Crippen molar-refractivity contribution in [2.45, 2.75) is 387 Å². The molecule has 67 heavy (non-hydrogen) atoms. The third-order valence-electron chi connectivity index (χ3n) is 15.8. The van der Waals surface area contributed by atoms with Gasteiger partial charge < -0.3 is 0 Å². The lowest BCUT2D eigenvalue weighted by Crippen LogP contribution is -2.05. The second kappa shape index (κ2) is 54.6. The average molecular weight is 933 g/mol. The molecule has 1 radical (unpaired) electrons. The van der Waals surface area contributed by atoms with Crippen molar-refractivity contribution in [2.75, 3.05) is 0 Å². The first-order chi connectivity index (χ1) is 33.3. The summed E-state index contributed by atoms with van der Waals surface area (Å²) >= 11 is 0. The van der Waals surface area contributed by atoms with Crippen molar-refractivity contribution >= 4 is 0 Å². The minimum absolute atomic E-state index is 1.06. The van der Waals surface area contributed by atoms with E-state index in [0.717, 1.165) is 6.42 Å². The molecule has 0 amide bonds. The van der Waals surface area contributed by atoms with E-state index < -0.39 is 0 Å². The van der Waals surface area contributed by atoms with Gasteiger partial charge >= 0.3 is 0 Å². The first kappa shape index (κ1) is 64.2. The molecule has 0 spiro atoms. The topological polar surface area (TPSA) is 0 Å². The normalized spacial score (nSPS) is 11.7. The predicted molar refractivity (Wildman–Crippen MR) is 308 cm³/mol. The lowest BCUT2D eigenvalue weighted by molar-refractivity contribution is 0.525. The van der Waals surface area contributed by atoms with Gasteiger partial charge in [0.05, 0.1) is 0 Å². The van der Waals surface area contributed by atoms with Gasteiger partial charge in [0.2, 0.25) is 0 Å². The van der Waals surface area contributed by atoms with Crippen LogP contribution in [0.2, 0.25) is 0 Å². The van der Waals surface area contributed by atoms with Gasteiger partial charge in [0.25, 0.3) is 0 Å². The minimum atomic E-state index is 1.06. The van der Waals surface area contributed by atoms with E-state index in [1.54, 1.807) is 22.3 Å². The molecule has 0 saturated heterocycles. The van der Waals surface area contributed by atoms with E-state index in [-0.39, 0.29) is 0 Å². The second-order valence-electron chi connectivity index (χ2n) is 22.6. The number of aryl methyl sites for hydroxylation is 3. The highest BCUT2D eigenvalue weighted by atomic mass is 14.2. The molecular formula is C67H127. The van der Waals surface area contributed by atoms with Crippen molar-refractivity contribution in [3.8, 4) is 0 Å². The lowest BCUT2D eigenvalue weighted by Gasteiger charge is -2.18. The molecule has 0 unspecified atom stereocenters. The fourth-order valence-electron chi connectivity index (χ4n) is 11.2. The summed E-state index contributed by atoms with van der Waals surface area (Å²) in [7, 11) is 0. The van der Waals surface area contributed by atoms with E-state index in [1.807, 2.05) is 0 Å². The van der Waals surface area contributed by atoms with Crippen LogP contribution in [0.25, 0.3) is 0 Å². The maximum absolute atomic E-state index is 4.23. The Morgan fingerprint density at radius 1 is 0.224 bits per heavy atom. The van der Waals surface area contributed by atoms with E-state index in [9.17, 15) is 0 Å². The second-order valence-corrected chi connectivity index (χ2v) is 22.6. The molecule has 0 aliphatic heterocycles. The zero-order valence-corrected chi connectivity index (χ0v) is 47.2. The number of benzene rings is 1. The van der Waals surface area contributed by atoms with Crippen LogP contribution in [0.5, 0.6) is 0 Å². The van der Waals surface area contributed by atoms with E-state index >= 15 is 0 Å². The Morgan fingerprint density at radius 2 is 0.418 bits per heavy atom. The zero-order chi connectivity index (χ0) is 48.0. The summed E-state index contributed by atoms with van der Waals surface area (Å²) in [5.41, 5.74) is 6.92. The number of unbranched alkanes of at least 4 members (excludes halogenated alkanes) is 49. The van der Waals surface area contributed by atoms with Gasteiger partial charge in [-0.15, -0.1) is 0 Å². The maximum atomic E-state index is 4.23. The van der Waals surface area contributed by atoms with Crippen LogP contribution < -0.4 is 0 Å². The molecule has 1 aromatic carbocycles. The molecule has 0 bridgehead atoms. The van der Waals surface area contributed by atoms with E-state index in [4.69, 9.17) is 0 Å². The van der Waals surface area contributed by atoms with Gasteiger partial charge in [-0.3, -0.25) is 0 Å². The molecule has 0 aliphatic carbocycles. The molecule has 1 rings (SSSR count). The molecular weight excluding hydrogens is 805 g/mol. The van der Waals surface area contributed by atoms with Crippen molar-refractivity contribution in [1.82, 2.24) is 0 Å². The summed E-state index contributed by atoms with van der Waals surface area (Å²) in [5, 5.41) is 0. The van der Waals surface area contributed by atoms with Gasteiger partial charge in [-0.25, -0.2) is 0 Å². The molecule has 0 N–H and O–H groups in total. The summed E-state index contributed by atoms with van der Waals surface area (Å²) in [6, 6.07) is 5.37. The molecule has 0 aliphatic rings. The van der Waals surface area contributed by atoms with Gasteiger partial charge in [0.15, 0.2) is 0 Å². The molecule has 0 saturated carbocycles. The van der Waals surface area contributed by atoms with Crippen LogP contribution in [0.4, 0.5) is 0 Å². The molecule has 0 heteroatoms. The summed E-state index contributed by atoms with van der Waals surface area (Å²) < 4.78 is 0. The SMILES string of the molecule is [CH2]CCCc1cc(CCCCCCCCCCCCCCCCCCC)c(CCCCCCCCCCCCCCCCCCC)c(CCCCCCCCCCCCCCCCCCC)c1. The fourth-order valence-corrected chi connectivity index (χ4v) is 11.2. The summed E-state index contributed by atoms with van der Waals surface area (Å²) in [5.74, 6) is 0. The van der Waals surface area contributed by atoms with Crippen molar-refractivity contribution in [3.63, 3.8) is 0 Å². The molecule has 395 valence electrons. The maximum Gasteiger partial charge on any atom is -0.0273 e. The lowest BCUT2D eigenvalue weighted by atomic mass is 9.87. The van der Waals surface area contributed by atoms with Crippen LogP contribution in [0.1, 0.15) is 383 Å². The standard InChI is InChI=1S/C67H127/c1-5-9-13-16-19-22-25-28-31-34-37-40-43-46-49-52-55-59-65-62-64(58-12-8-4)63-66(60-56-53-50-47-44-41-38-35-32-29-26-23-20-17-14-10-6-2)67(65)61-57-54-51-48-45-42-39-36-33-30-27-24-21-18-15-11-7-3/h62-63H,4-61H2,1-3H3. The highest BCUT2D eigenvalue weighted by Crippen LogP contribution is 2.27. The van der Waals surface area contributed by atoms with Crippen LogP contribution in [-0.2, 0) is 25.7 Å². The molecule has 0 fully saturated rings. The van der Waals surface area contributed by atoms with Crippen molar-refractivity contribution in [1.29, 1.82) is 0 Å². The van der Waals surface area contributed by atoms with Crippen molar-refractivity contribution < 1.29 is 0 Å². The van der Waals surface area contributed by atoms with E-state index in [1.165, 1.54) is 360 Å². The number of rotatable bonds is 57. The van der Waals surface area contributed by atoms with Crippen LogP contribution in [0.15, 0.2) is 12.1 Å². The Balaban J connectivity index is 2.50.